The van der Waals surface area contributed by atoms with Crippen LogP contribution in [0.4, 0.5) is 0 Å². The first-order chi connectivity index (χ1) is 11.0. The van der Waals surface area contributed by atoms with E-state index in [1.807, 2.05) is 37.3 Å². The zero-order valence-electron chi connectivity index (χ0n) is 14.1. The molecule has 3 N–H and O–H groups in total. The first-order valence-corrected chi connectivity index (χ1v) is 7.94. The molecule has 24 heavy (non-hydrogen) atoms. The summed E-state index contributed by atoms with van der Waals surface area (Å²) >= 11 is 0. The van der Waals surface area contributed by atoms with Crippen molar-refractivity contribution in [2.24, 2.45) is 11.7 Å². The van der Waals surface area contributed by atoms with E-state index in [-0.39, 0.29) is 42.3 Å². The topological polar surface area (TPSA) is 84.7 Å². The van der Waals surface area contributed by atoms with Crippen molar-refractivity contribution in [3.63, 3.8) is 0 Å². The number of carbonyl (C=O) groups is 2. The van der Waals surface area contributed by atoms with Gasteiger partial charge in [-0.1, -0.05) is 37.3 Å². The summed E-state index contributed by atoms with van der Waals surface area (Å²) in [5.74, 6) is -0.383. The molecular formula is C17H26ClN3O3. The maximum absolute atomic E-state index is 12.7. The number of ether oxygens (including phenoxy) is 1. The fourth-order valence-electron chi connectivity index (χ4n) is 2.71. The minimum absolute atomic E-state index is 0. The Kier molecular flexibility index (Phi) is 8.18. The van der Waals surface area contributed by atoms with Gasteiger partial charge in [-0.15, -0.1) is 12.4 Å². The number of carbonyl (C=O) groups excluding carboxylic acids is 2. The molecule has 1 saturated heterocycles. The fraction of sp³-hybridized carbons (Fsp3) is 0.529. The Bertz CT molecular complexity index is 541. The van der Waals surface area contributed by atoms with Crippen LogP contribution in [0.15, 0.2) is 30.3 Å². The van der Waals surface area contributed by atoms with Gasteiger partial charge in [0.05, 0.1) is 18.6 Å². The Hall–Kier alpha value is -1.63. The molecule has 2 rings (SSSR count). The molecule has 1 aliphatic heterocycles. The maximum Gasteiger partial charge on any atom is 0.227 e. The third kappa shape index (κ3) is 5.47. The summed E-state index contributed by atoms with van der Waals surface area (Å²) in [7, 11) is 0. The van der Waals surface area contributed by atoms with Gasteiger partial charge < -0.3 is 20.7 Å². The van der Waals surface area contributed by atoms with E-state index in [9.17, 15) is 9.59 Å². The molecule has 0 saturated carbocycles. The smallest absolute Gasteiger partial charge is 0.227 e. The van der Waals surface area contributed by atoms with Crippen LogP contribution in [0.2, 0.25) is 0 Å². The summed E-state index contributed by atoms with van der Waals surface area (Å²) in [5.41, 5.74) is 7.20. The highest BCUT2D eigenvalue weighted by Gasteiger charge is 2.30. The molecule has 2 amide bonds. The van der Waals surface area contributed by atoms with Crippen LogP contribution in [0.5, 0.6) is 0 Å². The quantitative estimate of drug-likeness (QED) is 0.828. The number of nitrogens with zero attached hydrogens (tertiary/aromatic N) is 1. The molecule has 6 nitrogen and oxygen atoms in total. The van der Waals surface area contributed by atoms with Crippen molar-refractivity contribution < 1.29 is 14.3 Å². The van der Waals surface area contributed by atoms with Crippen molar-refractivity contribution in [2.75, 3.05) is 26.2 Å². The van der Waals surface area contributed by atoms with Crippen LogP contribution >= 0.6 is 12.4 Å². The second kappa shape index (κ2) is 9.61. The minimum atomic E-state index is -0.333. The van der Waals surface area contributed by atoms with E-state index < -0.39 is 0 Å². The van der Waals surface area contributed by atoms with Crippen LogP contribution < -0.4 is 11.1 Å². The zero-order valence-corrected chi connectivity index (χ0v) is 14.9. The van der Waals surface area contributed by atoms with Gasteiger partial charge in [-0.05, 0) is 5.56 Å². The molecule has 0 aromatic heterocycles. The van der Waals surface area contributed by atoms with Gasteiger partial charge in [0.15, 0.2) is 0 Å². The Labute approximate surface area is 149 Å². The van der Waals surface area contributed by atoms with E-state index in [0.29, 0.717) is 26.2 Å². The second-order valence-corrected chi connectivity index (χ2v) is 5.94. The lowest BCUT2D eigenvalue weighted by Gasteiger charge is -2.35. The van der Waals surface area contributed by atoms with E-state index >= 15 is 0 Å². The molecule has 0 spiro atoms. The number of nitrogens with two attached hydrogens (primary N) is 1. The number of rotatable bonds is 5. The summed E-state index contributed by atoms with van der Waals surface area (Å²) in [4.78, 5) is 25.5. The number of amides is 2. The van der Waals surface area contributed by atoms with Gasteiger partial charge in [0, 0.05) is 32.6 Å². The summed E-state index contributed by atoms with van der Waals surface area (Å²) in [6.07, 6.45) is -0.170. The maximum atomic E-state index is 12.7. The molecule has 1 aromatic carbocycles. The summed E-state index contributed by atoms with van der Waals surface area (Å²) in [6.45, 7) is 5.25. The van der Waals surface area contributed by atoms with E-state index in [1.165, 1.54) is 6.92 Å². The highest BCUT2D eigenvalue weighted by molar-refractivity contribution is 5.85. The third-order valence-corrected chi connectivity index (χ3v) is 4.14. The predicted octanol–water partition coefficient (Wildman–Crippen LogP) is 1.11. The van der Waals surface area contributed by atoms with Crippen molar-refractivity contribution >= 4 is 24.2 Å². The minimum Gasteiger partial charge on any atom is -0.373 e. The Morgan fingerprint density at radius 3 is 2.67 bits per heavy atom. The lowest BCUT2D eigenvalue weighted by Crippen LogP contribution is -2.51. The number of hydrogen-bond donors (Lipinski definition) is 2. The van der Waals surface area contributed by atoms with Gasteiger partial charge in [0.2, 0.25) is 11.8 Å². The van der Waals surface area contributed by atoms with E-state index in [2.05, 4.69) is 5.32 Å². The molecule has 1 aliphatic rings. The van der Waals surface area contributed by atoms with Crippen LogP contribution in [0.3, 0.4) is 0 Å². The molecule has 1 aromatic rings. The highest BCUT2D eigenvalue weighted by Crippen LogP contribution is 2.22. The first kappa shape index (κ1) is 20.4. The Balaban J connectivity index is 0.00000288. The average molecular weight is 356 g/mol. The number of benzene rings is 1. The molecule has 1 fully saturated rings. The Morgan fingerprint density at radius 1 is 1.38 bits per heavy atom. The summed E-state index contributed by atoms with van der Waals surface area (Å²) < 4.78 is 5.59. The largest absolute Gasteiger partial charge is 0.373 e. The molecule has 134 valence electrons. The lowest BCUT2D eigenvalue weighted by molar-refractivity contribution is -0.143. The van der Waals surface area contributed by atoms with E-state index in [1.54, 1.807) is 4.90 Å². The lowest BCUT2D eigenvalue weighted by atomic mass is 9.94. The van der Waals surface area contributed by atoms with Gasteiger partial charge >= 0.3 is 0 Å². The van der Waals surface area contributed by atoms with Crippen molar-refractivity contribution in [3.05, 3.63) is 35.9 Å². The predicted molar refractivity (Wildman–Crippen MR) is 94.8 cm³/mol. The molecule has 1 heterocycles. The third-order valence-electron chi connectivity index (χ3n) is 4.14. The molecule has 0 bridgehead atoms. The van der Waals surface area contributed by atoms with Crippen LogP contribution in [0.25, 0.3) is 0 Å². The van der Waals surface area contributed by atoms with Gasteiger partial charge in [-0.2, -0.15) is 0 Å². The molecule has 0 aliphatic carbocycles. The number of morpholine rings is 1. The van der Waals surface area contributed by atoms with Crippen molar-refractivity contribution in [1.82, 2.24) is 10.2 Å². The monoisotopic (exact) mass is 355 g/mol. The number of halogens is 1. The normalized spacial score (nSPS) is 19.8. The molecule has 7 heteroatoms. The summed E-state index contributed by atoms with van der Waals surface area (Å²) in [6, 6.07) is 9.31. The summed E-state index contributed by atoms with van der Waals surface area (Å²) in [5, 5.41) is 2.73. The van der Waals surface area contributed by atoms with Crippen LogP contribution in [-0.2, 0) is 14.3 Å². The second-order valence-electron chi connectivity index (χ2n) is 5.94. The first-order valence-electron chi connectivity index (χ1n) is 7.94. The zero-order chi connectivity index (χ0) is 16.8. The number of nitrogens with one attached hydrogen (secondary N) is 1. The molecule has 3 atom stereocenters. The van der Waals surface area contributed by atoms with Gasteiger partial charge in [-0.3, -0.25) is 9.59 Å². The van der Waals surface area contributed by atoms with Gasteiger partial charge in [0.25, 0.3) is 0 Å². The van der Waals surface area contributed by atoms with Crippen molar-refractivity contribution in [3.8, 4) is 0 Å². The van der Waals surface area contributed by atoms with Crippen LogP contribution in [0.1, 0.15) is 25.5 Å². The fourth-order valence-corrected chi connectivity index (χ4v) is 2.71. The van der Waals surface area contributed by atoms with Crippen LogP contribution in [-0.4, -0.2) is 49.1 Å². The number of hydrogen-bond acceptors (Lipinski definition) is 4. The van der Waals surface area contributed by atoms with Gasteiger partial charge in [-0.25, -0.2) is 0 Å². The van der Waals surface area contributed by atoms with E-state index in [0.717, 1.165) is 5.56 Å². The van der Waals surface area contributed by atoms with Crippen LogP contribution in [0, 0.1) is 5.92 Å². The molecule has 0 radical (unpaired) electrons. The van der Waals surface area contributed by atoms with Crippen molar-refractivity contribution in [2.45, 2.75) is 26.0 Å². The average Bonchev–Trinajstić information content (AvgIpc) is 2.59. The standard InChI is InChI=1S/C17H25N3O3.ClH/c1-12(16(18)14-6-4-3-5-7-14)17(22)20-8-9-23-15(11-20)10-19-13(2)21;/h3-7,12,15-16H,8-11,18H2,1-2H3,(H,19,21);1H. The molecular weight excluding hydrogens is 330 g/mol. The Morgan fingerprint density at radius 2 is 2.04 bits per heavy atom. The van der Waals surface area contributed by atoms with Gasteiger partial charge in [0.1, 0.15) is 0 Å². The molecule has 3 unspecified atom stereocenters. The SMILES string of the molecule is CC(=O)NCC1CN(C(=O)C(C)C(N)c2ccccc2)CCO1.Cl. The van der Waals surface area contributed by atoms with E-state index in [4.69, 9.17) is 10.5 Å². The highest BCUT2D eigenvalue weighted by atomic mass is 35.5. The van der Waals surface area contributed by atoms with Crippen molar-refractivity contribution in [1.29, 1.82) is 0 Å².